The average Bonchev–Trinajstić information content (AvgIpc) is 3.71. The summed E-state index contributed by atoms with van der Waals surface area (Å²) < 4.78 is 12.6. The molecule has 0 radical (unpaired) electrons. The molecule has 0 spiro atoms. The van der Waals surface area contributed by atoms with E-state index in [-0.39, 0.29) is 93.8 Å². The third kappa shape index (κ3) is 6.25. The van der Waals surface area contributed by atoms with Crippen molar-refractivity contribution in [1.82, 2.24) is 10.2 Å². The van der Waals surface area contributed by atoms with Crippen molar-refractivity contribution in [3.05, 3.63) is 12.7 Å². The number of epoxide rings is 1. The molecule has 6 aliphatic carbocycles. The van der Waals surface area contributed by atoms with E-state index in [9.17, 15) is 24.6 Å². The minimum atomic E-state index is -1.18. The van der Waals surface area contributed by atoms with Gasteiger partial charge in [0, 0.05) is 30.5 Å². The molecule has 10 nitrogen and oxygen atoms in total. The lowest BCUT2D eigenvalue weighted by atomic mass is 9.32. The number of carbonyl (C=O) groups is 4. The van der Waals surface area contributed by atoms with Gasteiger partial charge in [-0.2, -0.15) is 0 Å². The number of nitrogens with zero attached hydrogens (tertiary/aromatic N) is 1. The lowest BCUT2D eigenvalue weighted by Crippen LogP contribution is -2.69. The Bertz CT molecular complexity index is 1770. The first-order valence-electron chi connectivity index (χ1n) is 23.9. The number of carbonyl (C=O) groups excluding carboxylic acids is 3. The van der Waals surface area contributed by atoms with Gasteiger partial charge < -0.3 is 29.9 Å². The van der Waals surface area contributed by atoms with Gasteiger partial charge in [0.2, 0.25) is 11.8 Å². The summed E-state index contributed by atoms with van der Waals surface area (Å²) in [5.41, 5.74) is -3.11. The van der Waals surface area contributed by atoms with Gasteiger partial charge in [-0.1, -0.05) is 47.6 Å². The minimum absolute atomic E-state index is 0.00868. The van der Waals surface area contributed by atoms with Crippen molar-refractivity contribution in [2.45, 2.75) is 182 Å². The summed E-state index contributed by atoms with van der Waals surface area (Å²) in [5, 5.41) is 23.8. The summed E-state index contributed by atoms with van der Waals surface area (Å²) in [5.74, 6) is 0.201. The van der Waals surface area contributed by atoms with Gasteiger partial charge in [0.25, 0.3) is 0 Å². The van der Waals surface area contributed by atoms with Crippen LogP contribution in [0.2, 0.25) is 0 Å². The molecule has 0 bridgehead atoms. The second kappa shape index (κ2) is 14.5. The van der Waals surface area contributed by atoms with E-state index in [2.05, 4.69) is 57.8 Å². The molecule has 0 aromatic heterocycles. The number of nitrogens with one attached hydrogen (secondary N) is 1. The summed E-state index contributed by atoms with van der Waals surface area (Å²) in [4.78, 5) is 56.1. The van der Waals surface area contributed by atoms with E-state index in [0.717, 1.165) is 90.1 Å². The predicted molar refractivity (Wildman–Crippen MR) is 229 cm³/mol. The van der Waals surface area contributed by atoms with Crippen LogP contribution in [0.4, 0.5) is 0 Å². The topological polar surface area (TPSA) is 146 Å². The van der Waals surface area contributed by atoms with E-state index in [0.29, 0.717) is 18.3 Å². The third-order valence-electron chi connectivity index (χ3n) is 20.4. The van der Waals surface area contributed by atoms with Gasteiger partial charge in [-0.3, -0.25) is 19.2 Å². The molecular weight excluding hydrogens is 757 g/mol. The second-order valence-corrected chi connectivity index (χ2v) is 24.1. The fourth-order valence-corrected chi connectivity index (χ4v) is 16.5. The molecule has 0 aromatic carbocycles. The SMILES string of the molecule is C=CC12CCC3(C(=O)NC4CC(C(=O)N5CCCCC5)C4(C)C)CCC(C4OC4(C)CO)C3C1CCC1C3(C)CCC(OC(=O)CC(C)(C)C(=O)O)C(C)(C)C3CCC12C. The summed E-state index contributed by atoms with van der Waals surface area (Å²) in [7, 11) is 0. The molecule has 336 valence electrons. The van der Waals surface area contributed by atoms with Crippen molar-refractivity contribution in [2.75, 3.05) is 19.7 Å². The third-order valence-corrected chi connectivity index (χ3v) is 20.4. The van der Waals surface area contributed by atoms with Crippen molar-refractivity contribution in [1.29, 1.82) is 0 Å². The van der Waals surface area contributed by atoms with Crippen molar-refractivity contribution in [3.63, 3.8) is 0 Å². The maximum Gasteiger partial charge on any atom is 0.309 e. The van der Waals surface area contributed by atoms with Crippen LogP contribution in [0.25, 0.3) is 0 Å². The molecule has 0 aromatic rings. The number of aliphatic hydroxyl groups is 1. The van der Waals surface area contributed by atoms with Crippen molar-refractivity contribution in [3.8, 4) is 0 Å². The Morgan fingerprint density at radius 2 is 1.57 bits per heavy atom. The summed E-state index contributed by atoms with van der Waals surface area (Å²) in [6.07, 6.45) is 15.1. The molecule has 2 heterocycles. The molecular formula is C50H78N2O8. The Morgan fingerprint density at radius 1 is 0.867 bits per heavy atom. The maximum atomic E-state index is 15.3. The molecule has 2 aliphatic heterocycles. The van der Waals surface area contributed by atoms with Crippen LogP contribution >= 0.6 is 0 Å². The zero-order valence-corrected chi connectivity index (χ0v) is 38.5. The second-order valence-electron chi connectivity index (χ2n) is 24.1. The Morgan fingerprint density at radius 3 is 2.18 bits per heavy atom. The lowest BCUT2D eigenvalue weighted by molar-refractivity contribution is -0.242. The first-order chi connectivity index (χ1) is 28.0. The predicted octanol–water partition coefficient (Wildman–Crippen LogP) is 8.34. The largest absolute Gasteiger partial charge is 0.481 e. The number of carboxylic acid groups (broad SMARTS) is 1. The number of ether oxygens (including phenoxy) is 2. The molecule has 60 heavy (non-hydrogen) atoms. The number of amides is 2. The number of piperidine rings is 1. The maximum absolute atomic E-state index is 15.3. The van der Waals surface area contributed by atoms with Crippen LogP contribution in [0.5, 0.6) is 0 Å². The first-order valence-corrected chi connectivity index (χ1v) is 23.9. The summed E-state index contributed by atoms with van der Waals surface area (Å²) in [6, 6.07) is -0.0475. The number of hydrogen-bond acceptors (Lipinski definition) is 7. The molecule has 2 amide bonds. The zero-order chi connectivity index (χ0) is 43.6. The fraction of sp³-hybridized carbons (Fsp3) is 0.880. The smallest absolute Gasteiger partial charge is 0.309 e. The van der Waals surface area contributed by atoms with Crippen LogP contribution in [-0.2, 0) is 28.7 Å². The van der Waals surface area contributed by atoms with Crippen molar-refractivity contribution >= 4 is 23.8 Å². The minimum Gasteiger partial charge on any atom is -0.481 e. The molecule has 8 aliphatic rings. The van der Waals surface area contributed by atoms with Crippen LogP contribution in [0.1, 0.15) is 159 Å². The number of hydrogen-bond donors (Lipinski definition) is 3. The van der Waals surface area contributed by atoms with Gasteiger partial charge in [0.05, 0.1) is 30.0 Å². The van der Waals surface area contributed by atoms with E-state index in [4.69, 9.17) is 16.1 Å². The van der Waals surface area contributed by atoms with E-state index >= 15 is 4.79 Å². The molecule has 2 saturated heterocycles. The number of aliphatic carboxylic acids is 1. The Kier molecular flexibility index (Phi) is 10.7. The molecule has 8 rings (SSSR count). The quantitative estimate of drug-likeness (QED) is 0.113. The number of allylic oxidation sites excluding steroid dienone is 1. The highest BCUT2D eigenvalue weighted by molar-refractivity contribution is 5.86. The highest BCUT2D eigenvalue weighted by atomic mass is 16.6. The zero-order valence-electron chi connectivity index (χ0n) is 38.5. The number of aliphatic hydroxyl groups excluding tert-OH is 1. The molecule has 10 heteroatoms. The molecule has 8 fully saturated rings. The van der Waals surface area contributed by atoms with E-state index in [1.54, 1.807) is 13.8 Å². The van der Waals surface area contributed by atoms with Crippen LogP contribution in [-0.4, -0.2) is 82.4 Å². The van der Waals surface area contributed by atoms with Crippen molar-refractivity contribution in [2.24, 2.45) is 73.4 Å². The van der Waals surface area contributed by atoms with Gasteiger partial charge in [-0.25, -0.2) is 0 Å². The van der Waals surface area contributed by atoms with E-state index in [1.807, 2.05) is 6.92 Å². The summed E-state index contributed by atoms with van der Waals surface area (Å²) >= 11 is 0. The standard InChI is InChI=1S/C50H78N2O8/c1-11-50-24-23-49(41(56)51-35-27-32(44(35,4)5)40(55)52-25-13-12-14-26-52)22-17-30(39-48(10,29-53)60-39)38(49)31(50)15-16-34-46(8)20-19-36(59-37(54)28-43(2,3)42(57)58)45(6,7)33(46)18-21-47(34,50)9/h11,30-36,38-39,53H,1,12-29H2,2-10H3,(H,51,56)(H,57,58). The average molecular weight is 835 g/mol. The van der Waals surface area contributed by atoms with Crippen molar-refractivity contribution < 1.29 is 38.9 Å². The van der Waals surface area contributed by atoms with Crippen LogP contribution in [0.15, 0.2) is 12.7 Å². The summed E-state index contributed by atoms with van der Waals surface area (Å²) in [6.45, 7) is 25.5. The highest BCUT2D eigenvalue weighted by Gasteiger charge is 2.75. The number of rotatable bonds is 10. The van der Waals surface area contributed by atoms with E-state index in [1.165, 1.54) is 6.42 Å². The molecule has 3 N–H and O–H groups in total. The normalized spacial score (nSPS) is 46.3. The lowest BCUT2D eigenvalue weighted by Gasteiger charge is -2.73. The fourth-order valence-electron chi connectivity index (χ4n) is 16.5. The molecule has 6 saturated carbocycles. The monoisotopic (exact) mass is 835 g/mol. The van der Waals surface area contributed by atoms with Crippen LogP contribution in [0, 0.1) is 73.4 Å². The van der Waals surface area contributed by atoms with Crippen LogP contribution in [0.3, 0.4) is 0 Å². The molecule has 14 atom stereocenters. The number of esters is 1. The van der Waals surface area contributed by atoms with Gasteiger partial charge >= 0.3 is 11.9 Å². The van der Waals surface area contributed by atoms with Crippen LogP contribution < -0.4 is 5.32 Å². The van der Waals surface area contributed by atoms with E-state index < -0.39 is 28.4 Å². The van der Waals surface area contributed by atoms with Gasteiger partial charge in [-0.05, 0) is 162 Å². The Hall–Kier alpha value is -2.46. The number of fused-ring (bicyclic) bond motifs is 7. The molecule has 14 unspecified atom stereocenters. The first kappa shape index (κ1) is 44.2. The van der Waals surface area contributed by atoms with Gasteiger partial charge in [0.15, 0.2) is 0 Å². The Balaban J connectivity index is 1.06. The Labute approximate surface area is 360 Å². The number of likely N-dealkylation sites (tertiary alicyclic amines) is 1. The van der Waals surface area contributed by atoms with Gasteiger partial charge in [0.1, 0.15) is 11.7 Å². The highest BCUT2D eigenvalue weighted by Crippen LogP contribution is 2.78. The van der Waals surface area contributed by atoms with Gasteiger partial charge in [-0.15, -0.1) is 6.58 Å². The number of carboxylic acids is 1.